The number of hydrogen-bond acceptors (Lipinski definition) is 3. The monoisotopic (exact) mass is 245 g/mol. The third-order valence-electron chi connectivity index (χ3n) is 2.62. The highest BCUT2D eigenvalue weighted by Crippen LogP contribution is 2.26. The molecule has 0 saturated heterocycles. The maximum Gasteiger partial charge on any atom is 0.152 e. The average Bonchev–Trinajstić information content (AvgIpc) is 2.39. The van der Waals surface area contributed by atoms with Crippen molar-refractivity contribution in [3.05, 3.63) is 42.0 Å². The Labute approximate surface area is 106 Å². The number of benzene rings is 1. The number of hydrogen-bond donors (Lipinski definition) is 1. The standard InChI is InChI=1S/C14H16FN3/c1-3-6-17-14-13(16-7-8-18-14)11-9-10(2)4-5-12(11)15/h4-5,7-9H,3,6H2,1-2H3,(H,17,18). The Morgan fingerprint density at radius 3 is 2.78 bits per heavy atom. The summed E-state index contributed by atoms with van der Waals surface area (Å²) in [5.41, 5.74) is 2.05. The molecule has 1 heterocycles. The first-order valence-electron chi connectivity index (χ1n) is 6.03. The molecule has 94 valence electrons. The molecule has 0 bridgehead atoms. The topological polar surface area (TPSA) is 37.8 Å². The van der Waals surface area contributed by atoms with Crippen LogP contribution in [0.2, 0.25) is 0 Å². The summed E-state index contributed by atoms with van der Waals surface area (Å²) < 4.78 is 13.9. The number of anilines is 1. The van der Waals surface area contributed by atoms with Crippen LogP contribution < -0.4 is 5.32 Å². The van der Waals surface area contributed by atoms with E-state index in [-0.39, 0.29) is 5.82 Å². The maximum absolute atomic E-state index is 13.9. The molecule has 0 aliphatic rings. The second-order valence-corrected chi connectivity index (χ2v) is 4.16. The van der Waals surface area contributed by atoms with Gasteiger partial charge in [0.1, 0.15) is 11.5 Å². The number of nitrogens with one attached hydrogen (secondary N) is 1. The van der Waals surface area contributed by atoms with Gasteiger partial charge in [0.15, 0.2) is 5.82 Å². The first-order chi connectivity index (χ1) is 8.72. The molecule has 0 radical (unpaired) electrons. The van der Waals surface area contributed by atoms with Gasteiger partial charge >= 0.3 is 0 Å². The Balaban J connectivity index is 2.46. The van der Waals surface area contributed by atoms with Crippen LogP contribution in [0.5, 0.6) is 0 Å². The highest BCUT2D eigenvalue weighted by molar-refractivity contribution is 5.72. The Bertz CT molecular complexity index is 540. The van der Waals surface area contributed by atoms with Gasteiger partial charge in [0.25, 0.3) is 0 Å². The molecule has 0 amide bonds. The van der Waals surface area contributed by atoms with E-state index in [1.807, 2.05) is 6.92 Å². The molecule has 0 fully saturated rings. The number of rotatable bonds is 4. The van der Waals surface area contributed by atoms with Crippen LogP contribution in [-0.2, 0) is 0 Å². The fourth-order valence-electron chi connectivity index (χ4n) is 1.73. The largest absolute Gasteiger partial charge is 0.368 e. The van der Waals surface area contributed by atoms with E-state index in [0.29, 0.717) is 17.1 Å². The number of nitrogens with zero attached hydrogens (tertiary/aromatic N) is 2. The van der Waals surface area contributed by atoms with E-state index in [9.17, 15) is 4.39 Å². The van der Waals surface area contributed by atoms with Gasteiger partial charge in [-0.3, -0.25) is 4.98 Å². The molecule has 1 N–H and O–H groups in total. The predicted octanol–water partition coefficient (Wildman–Crippen LogP) is 3.41. The van der Waals surface area contributed by atoms with Crippen LogP contribution in [0.4, 0.5) is 10.2 Å². The van der Waals surface area contributed by atoms with Crippen molar-refractivity contribution in [1.82, 2.24) is 9.97 Å². The molecule has 0 aliphatic heterocycles. The van der Waals surface area contributed by atoms with Gasteiger partial charge in [0.2, 0.25) is 0 Å². The molecule has 0 unspecified atom stereocenters. The first kappa shape index (κ1) is 12.5. The van der Waals surface area contributed by atoms with Gasteiger partial charge in [-0.25, -0.2) is 9.37 Å². The molecule has 18 heavy (non-hydrogen) atoms. The van der Waals surface area contributed by atoms with Crippen molar-refractivity contribution >= 4 is 5.82 Å². The van der Waals surface area contributed by atoms with E-state index in [0.717, 1.165) is 18.5 Å². The smallest absolute Gasteiger partial charge is 0.152 e. The summed E-state index contributed by atoms with van der Waals surface area (Å²) in [5, 5.41) is 3.17. The second kappa shape index (κ2) is 5.58. The van der Waals surface area contributed by atoms with Crippen LogP contribution in [0, 0.1) is 12.7 Å². The summed E-state index contributed by atoms with van der Waals surface area (Å²) in [6, 6.07) is 4.99. The highest BCUT2D eigenvalue weighted by Gasteiger charge is 2.12. The lowest BCUT2D eigenvalue weighted by atomic mass is 10.1. The van der Waals surface area contributed by atoms with Gasteiger partial charge in [-0.05, 0) is 25.5 Å². The quantitative estimate of drug-likeness (QED) is 0.897. The molecule has 4 heteroatoms. The lowest BCUT2D eigenvalue weighted by Crippen LogP contribution is -2.05. The van der Waals surface area contributed by atoms with Gasteiger partial charge in [0.05, 0.1) is 0 Å². The maximum atomic E-state index is 13.9. The minimum atomic E-state index is -0.277. The number of aromatic nitrogens is 2. The molecule has 0 atom stereocenters. The minimum Gasteiger partial charge on any atom is -0.368 e. The number of halogens is 1. The fraction of sp³-hybridized carbons (Fsp3) is 0.286. The lowest BCUT2D eigenvalue weighted by Gasteiger charge is -2.10. The Morgan fingerprint density at radius 2 is 2.00 bits per heavy atom. The zero-order valence-corrected chi connectivity index (χ0v) is 10.6. The van der Waals surface area contributed by atoms with E-state index in [1.54, 1.807) is 24.5 Å². The molecule has 2 aromatic rings. The normalized spacial score (nSPS) is 10.4. The second-order valence-electron chi connectivity index (χ2n) is 4.16. The van der Waals surface area contributed by atoms with Crippen molar-refractivity contribution in [2.24, 2.45) is 0 Å². The van der Waals surface area contributed by atoms with Crippen molar-refractivity contribution in [2.75, 3.05) is 11.9 Å². The van der Waals surface area contributed by atoms with E-state index in [1.165, 1.54) is 6.07 Å². The van der Waals surface area contributed by atoms with E-state index in [2.05, 4.69) is 22.2 Å². The van der Waals surface area contributed by atoms with Crippen LogP contribution in [0.3, 0.4) is 0 Å². The predicted molar refractivity (Wildman–Crippen MR) is 70.9 cm³/mol. The van der Waals surface area contributed by atoms with Crippen molar-refractivity contribution in [1.29, 1.82) is 0 Å². The van der Waals surface area contributed by atoms with Crippen LogP contribution in [0.15, 0.2) is 30.6 Å². The zero-order chi connectivity index (χ0) is 13.0. The van der Waals surface area contributed by atoms with Crippen LogP contribution >= 0.6 is 0 Å². The Kier molecular flexibility index (Phi) is 3.87. The molecule has 0 spiro atoms. The molecule has 0 aliphatic carbocycles. The minimum absolute atomic E-state index is 0.277. The third-order valence-corrected chi connectivity index (χ3v) is 2.62. The first-order valence-corrected chi connectivity index (χ1v) is 6.03. The summed E-state index contributed by atoms with van der Waals surface area (Å²) >= 11 is 0. The average molecular weight is 245 g/mol. The third kappa shape index (κ3) is 2.64. The summed E-state index contributed by atoms with van der Waals surface area (Å²) in [5.74, 6) is 0.351. The summed E-state index contributed by atoms with van der Waals surface area (Å²) in [4.78, 5) is 8.46. The molecular formula is C14H16FN3. The Hall–Kier alpha value is -1.97. The zero-order valence-electron chi connectivity index (χ0n) is 10.6. The summed E-state index contributed by atoms with van der Waals surface area (Å²) in [6.45, 7) is 4.79. The summed E-state index contributed by atoms with van der Waals surface area (Å²) in [7, 11) is 0. The summed E-state index contributed by atoms with van der Waals surface area (Å²) in [6.07, 6.45) is 4.16. The molecule has 0 saturated carbocycles. The molecule has 1 aromatic carbocycles. The van der Waals surface area contributed by atoms with E-state index in [4.69, 9.17) is 0 Å². The van der Waals surface area contributed by atoms with Gasteiger partial charge in [-0.15, -0.1) is 0 Å². The van der Waals surface area contributed by atoms with Crippen LogP contribution in [0.25, 0.3) is 11.3 Å². The highest BCUT2D eigenvalue weighted by atomic mass is 19.1. The van der Waals surface area contributed by atoms with Gasteiger partial charge in [-0.2, -0.15) is 0 Å². The van der Waals surface area contributed by atoms with Crippen molar-refractivity contribution < 1.29 is 4.39 Å². The van der Waals surface area contributed by atoms with E-state index >= 15 is 0 Å². The molecule has 2 rings (SSSR count). The van der Waals surface area contributed by atoms with Crippen LogP contribution in [0.1, 0.15) is 18.9 Å². The van der Waals surface area contributed by atoms with Crippen molar-refractivity contribution in [2.45, 2.75) is 20.3 Å². The van der Waals surface area contributed by atoms with Crippen molar-refractivity contribution in [3.63, 3.8) is 0 Å². The Morgan fingerprint density at radius 1 is 1.22 bits per heavy atom. The van der Waals surface area contributed by atoms with Crippen molar-refractivity contribution in [3.8, 4) is 11.3 Å². The fourth-order valence-corrected chi connectivity index (χ4v) is 1.73. The van der Waals surface area contributed by atoms with Gasteiger partial charge in [0, 0.05) is 24.5 Å². The van der Waals surface area contributed by atoms with Gasteiger partial charge < -0.3 is 5.32 Å². The van der Waals surface area contributed by atoms with Gasteiger partial charge in [-0.1, -0.05) is 18.6 Å². The molecule has 1 aromatic heterocycles. The lowest BCUT2D eigenvalue weighted by molar-refractivity contribution is 0.630. The van der Waals surface area contributed by atoms with E-state index < -0.39 is 0 Å². The molecular weight excluding hydrogens is 229 g/mol. The SMILES string of the molecule is CCCNc1nccnc1-c1cc(C)ccc1F. The number of aryl methyl sites for hydroxylation is 1. The molecule has 3 nitrogen and oxygen atoms in total. The van der Waals surface area contributed by atoms with Crippen LogP contribution in [-0.4, -0.2) is 16.5 Å².